The number of nitrogens with zero attached hydrogens (tertiary/aromatic N) is 1. The number of esters is 1. The number of aliphatic hydroxyl groups excluding tert-OH is 10. The van der Waals surface area contributed by atoms with E-state index in [9.17, 15) is 79.2 Å². The van der Waals surface area contributed by atoms with Crippen molar-refractivity contribution in [3.05, 3.63) is 12.2 Å². The molecule has 33 nitrogen and oxygen atoms in total. The highest BCUT2D eigenvalue weighted by Crippen LogP contribution is 2.12. The molecule has 0 radical (unpaired) electrons. The summed E-state index contributed by atoms with van der Waals surface area (Å²) in [5, 5.41) is 109. The van der Waals surface area contributed by atoms with Crippen LogP contribution in [0.25, 0.3) is 0 Å². The second-order valence-electron chi connectivity index (χ2n) is 19.5. The molecule has 0 aliphatic carbocycles. The third kappa shape index (κ3) is 34.8. The average molecular weight is 1220 g/mol. The van der Waals surface area contributed by atoms with Gasteiger partial charge in [0.25, 0.3) is 23.6 Å². The summed E-state index contributed by atoms with van der Waals surface area (Å²) in [6, 6.07) is -3.17. The molecule has 15 N–H and O–H groups in total. The van der Waals surface area contributed by atoms with Crippen LogP contribution in [-0.4, -0.2) is 315 Å². The van der Waals surface area contributed by atoms with E-state index in [1.165, 1.54) is 0 Å². The fraction of sp³-hybridized carbons (Fsp3) is 0.804. The monoisotopic (exact) mass is 1220 g/mol. The SMILES string of the molecule is CC(C)(C)OC(=O)CCCNC(=O)C(C(=O)NCCOCCOCCOCCOCCOCCOCCOCCOCCC(=O)N[C@@H](CCC(=O)NC[C@H](O)[C@@H](O)[C@H](O)[C@H](O)CO)C(=O)NC[C@H](O)[C@@H](O)[C@H](O)[C@H](O)CO)N1C(=O)C=CC1=O. The zero-order valence-electron chi connectivity index (χ0n) is 47.9. The first kappa shape index (κ1) is 77.0. The Balaban J connectivity index is 2.17. The van der Waals surface area contributed by atoms with E-state index in [1.54, 1.807) is 20.8 Å². The van der Waals surface area contributed by atoms with E-state index in [0.717, 1.165) is 12.2 Å². The standard InChI is InChI=1S/C51H90N6O27/c1-51(2,3)84-42(68)5-4-11-52-49(74)43(57-40(66)8-9-41(57)67)50(75)53-12-14-77-16-18-79-20-22-81-24-26-83-28-27-82-25-23-80-21-19-78-17-15-76-13-10-39(65)56-33(48(73)55-30-35(61)45(70)47(72)37(63)32-59)6-7-38(64)54-29-34(60)44(69)46(71)36(62)31-58/h8-9,33-37,43-47,58-63,69-72H,4-7,10-32H2,1-3H3,(H,52,74)(H,53,75)(H,54,64)(H,55,73)(H,56,65)/t33-,34-,35-,36+,37+,43?,44+,45+,46+,47+/m0/s1. The third-order valence-electron chi connectivity index (χ3n) is 11.5. The fourth-order valence-electron chi connectivity index (χ4n) is 6.92. The summed E-state index contributed by atoms with van der Waals surface area (Å²) in [5.74, 6) is -6.25. The minimum Gasteiger partial charge on any atom is -0.460 e. The lowest BCUT2D eigenvalue weighted by Gasteiger charge is -2.26. The van der Waals surface area contributed by atoms with Crippen molar-refractivity contribution < 1.29 is 132 Å². The van der Waals surface area contributed by atoms with E-state index < -0.39 is 147 Å². The lowest BCUT2D eigenvalue weighted by atomic mass is 10.0. The van der Waals surface area contributed by atoms with E-state index >= 15 is 0 Å². The largest absolute Gasteiger partial charge is 0.460 e. The zero-order valence-corrected chi connectivity index (χ0v) is 47.9. The highest BCUT2D eigenvalue weighted by molar-refractivity contribution is 6.19. The van der Waals surface area contributed by atoms with Crippen LogP contribution in [0.15, 0.2) is 12.2 Å². The number of amides is 7. The van der Waals surface area contributed by atoms with E-state index in [2.05, 4.69) is 26.6 Å². The van der Waals surface area contributed by atoms with Crippen LogP contribution in [-0.2, 0) is 81.0 Å². The van der Waals surface area contributed by atoms with Gasteiger partial charge in [0.2, 0.25) is 17.7 Å². The Morgan fingerprint density at radius 2 is 0.845 bits per heavy atom. The molecule has 1 aliphatic heterocycles. The minimum atomic E-state index is -2.00. The molecule has 1 unspecified atom stereocenters. The number of ether oxygens (including phenoxy) is 9. The maximum Gasteiger partial charge on any atom is 0.306 e. The first-order valence-corrected chi connectivity index (χ1v) is 27.4. The van der Waals surface area contributed by atoms with Crippen LogP contribution in [0.3, 0.4) is 0 Å². The van der Waals surface area contributed by atoms with Gasteiger partial charge in [-0.2, -0.15) is 0 Å². The Labute approximate surface area is 486 Å². The van der Waals surface area contributed by atoms with Gasteiger partial charge in [-0.25, -0.2) is 0 Å². The van der Waals surface area contributed by atoms with Crippen molar-refractivity contribution >= 4 is 47.3 Å². The summed E-state index contributed by atoms with van der Waals surface area (Å²) in [6.07, 6.45) is -13.9. The van der Waals surface area contributed by atoms with Crippen molar-refractivity contribution in [1.82, 2.24) is 31.5 Å². The molecule has 0 aromatic carbocycles. The second-order valence-corrected chi connectivity index (χ2v) is 19.5. The van der Waals surface area contributed by atoms with Gasteiger partial charge in [0.15, 0.2) is 6.04 Å². The average Bonchev–Trinajstić information content (AvgIpc) is 3.84. The summed E-state index contributed by atoms with van der Waals surface area (Å²) >= 11 is 0. The zero-order chi connectivity index (χ0) is 62.9. The molecule has 7 amide bonds. The van der Waals surface area contributed by atoms with Crippen molar-refractivity contribution in [2.24, 2.45) is 0 Å². The molecule has 0 fully saturated rings. The van der Waals surface area contributed by atoms with Gasteiger partial charge >= 0.3 is 5.97 Å². The topological polar surface area (TPSA) is 485 Å². The summed E-state index contributed by atoms with van der Waals surface area (Å²) in [4.78, 5) is 101. The molecule has 0 saturated carbocycles. The maximum absolute atomic E-state index is 13.0. The molecule has 84 heavy (non-hydrogen) atoms. The number of hydrogen-bond donors (Lipinski definition) is 15. The molecule has 1 heterocycles. The molecule has 0 aromatic heterocycles. The Morgan fingerprint density at radius 1 is 0.464 bits per heavy atom. The van der Waals surface area contributed by atoms with Crippen LogP contribution in [0.1, 0.15) is 52.9 Å². The van der Waals surface area contributed by atoms with Crippen molar-refractivity contribution in [2.45, 2.75) is 119 Å². The van der Waals surface area contributed by atoms with Crippen molar-refractivity contribution in [3.63, 3.8) is 0 Å². The van der Waals surface area contributed by atoms with E-state index in [-0.39, 0.29) is 98.2 Å². The predicted molar refractivity (Wildman–Crippen MR) is 286 cm³/mol. The summed E-state index contributed by atoms with van der Waals surface area (Å²) in [6.45, 7) is 5.61. The number of nitrogens with one attached hydrogen (secondary N) is 5. The van der Waals surface area contributed by atoms with Crippen LogP contribution in [0.4, 0.5) is 0 Å². The molecule has 10 atom stereocenters. The second kappa shape index (κ2) is 45.3. The van der Waals surface area contributed by atoms with E-state index in [4.69, 9.17) is 52.8 Å². The lowest BCUT2D eigenvalue weighted by Crippen LogP contribution is -2.57. The molecule has 486 valence electrons. The molecular formula is C51H90N6O27. The third-order valence-corrected chi connectivity index (χ3v) is 11.5. The fourth-order valence-corrected chi connectivity index (χ4v) is 6.92. The molecule has 0 spiro atoms. The van der Waals surface area contributed by atoms with Gasteiger partial charge in [-0.3, -0.25) is 43.3 Å². The lowest BCUT2D eigenvalue weighted by molar-refractivity contribution is -0.155. The van der Waals surface area contributed by atoms with Gasteiger partial charge in [0.1, 0.15) is 48.3 Å². The van der Waals surface area contributed by atoms with Gasteiger partial charge < -0.3 is 120 Å². The highest BCUT2D eigenvalue weighted by Gasteiger charge is 2.41. The molecular weight excluding hydrogens is 1130 g/mol. The molecule has 0 saturated heterocycles. The minimum absolute atomic E-state index is 0.00252. The number of carbonyl (C=O) groups excluding carboxylic acids is 8. The Kier molecular flexibility index (Phi) is 41.5. The molecule has 0 aromatic rings. The van der Waals surface area contributed by atoms with Crippen molar-refractivity contribution in [2.75, 3.05) is 145 Å². The van der Waals surface area contributed by atoms with E-state index in [1.807, 2.05) is 0 Å². The van der Waals surface area contributed by atoms with Gasteiger partial charge in [-0.15, -0.1) is 0 Å². The van der Waals surface area contributed by atoms with Crippen LogP contribution in [0.5, 0.6) is 0 Å². The summed E-state index contributed by atoms with van der Waals surface area (Å²) < 4.78 is 48.8. The summed E-state index contributed by atoms with van der Waals surface area (Å²) in [5.41, 5.74) is -0.669. The number of carbonyl (C=O) groups is 8. The quantitative estimate of drug-likeness (QED) is 0.0116. The van der Waals surface area contributed by atoms with Crippen LogP contribution < -0.4 is 26.6 Å². The highest BCUT2D eigenvalue weighted by atomic mass is 16.6. The van der Waals surface area contributed by atoms with Gasteiger partial charge in [-0.1, -0.05) is 0 Å². The Hall–Kier alpha value is -5.02. The van der Waals surface area contributed by atoms with Gasteiger partial charge in [0.05, 0.1) is 131 Å². The normalized spacial score (nSPS) is 16.2. The molecule has 33 heteroatoms. The molecule has 1 rings (SSSR count). The number of imide groups is 1. The number of rotatable bonds is 51. The van der Waals surface area contributed by atoms with Crippen LogP contribution >= 0.6 is 0 Å². The maximum atomic E-state index is 13.0. The Morgan fingerprint density at radius 3 is 1.26 bits per heavy atom. The molecule has 1 aliphatic rings. The number of aliphatic hydroxyl groups is 10. The molecule has 0 bridgehead atoms. The predicted octanol–water partition coefficient (Wildman–Crippen LogP) is -8.47. The number of hydrogen-bond acceptors (Lipinski definition) is 27. The summed E-state index contributed by atoms with van der Waals surface area (Å²) in [7, 11) is 0. The smallest absolute Gasteiger partial charge is 0.306 e. The van der Waals surface area contributed by atoms with Crippen molar-refractivity contribution in [3.8, 4) is 0 Å². The van der Waals surface area contributed by atoms with Crippen LogP contribution in [0, 0.1) is 0 Å². The van der Waals surface area contributed by atoms with Gasteiger partial charge in [0, 0.05) is 57.6 Å². The van der Waals surface area contributed by atoms with E-state index in [0.29, 0.717) is 51.1 Å². The Bertz CT molecular complexity index is 1920. The first-order valence-electron chi connectivity index (χ1n) is 27.4. The van der Waals surface area contributed by atoms with Crippen molar-refractivity contribution in [1.29, 1.82) is 0 Å². The van der Waals surface area contributed by atoms with Crippen LogP contribution in [0.2, 0.25) is 0 Å². The van der Waals surface area contributed by atoms with Gasteiger partial charge in [-0.05, 0) is 33.6 Å². The first-order chi connectivity index (χ1) is 39.9.